The van der Waals surface area contributed by atoms with Gasteiger partial charge in [-0.2, -0.15) is 4.98 Å². The van der Waals surface area contributed by atoms with Crippen LogP contribution in [0.15, 0.2) is 36.9 Å². The lowest BCUT2D eigenvalue weighted by Gasteiger charge is -2.34. The van der Waals surface area contributed by atoms with Gasteiger partial charge in [0.1, 0.15) is 0 Å². The first kappa shape index (κ1) is 28.5. The number of nitrogens with one attached hydrogen (secondary N) is 1. The zero-order valence-electron chi connectivity index (χ0n) is 23.6. The molecule has 1 aromatic heterocycles. The van der Waals surface area contributed by atoms with Crippen LogP contribution in [0.25, 0.3) is 0 Å². The summed E-state index contributed by atoms with van der Waals surface area (Å²) in [6.45, 7) is 8.17. The van der Waals surface area contributed by atoms with E-state index in [1.54, 1.807) is 0 Å². The topological polar surface area (TPSA) is 138 Å². The molecule has 41 heavy (non-hydrogen) atoms. The fourth-order valence-corrected chi connectivity index (χ4v) is 6.17. The number of benzene rings is 1. The summed E-state index contributed by atoms with van der Waals surface area (Å²) in [5, 5.41) is 11.6. The average molecular weight is 561 g/mol. The van der Waals surface area contributed by atoms with E-state index in [0.717, 1.165) is 76.9 Å². The van der Waals surface area contributed by atoms with E-state index >= 15 is 0 Å². The first-order valence-electron chi connectivity index (χ1n) is 14.8. The number of hydrogen-bond donors (Lipinski definition) is 2. The molecule has 0 saturated carbocycles. The highest BCUT2D eigenvalue weighted by Crippen LogP contribution is 2.30. The Morgan fingerprint density at radius 2 is 1.66 bits per heavy atom. The number of likely N-dealkylation sites (tertiary alicyclic amines) is 2. The summed E-state index contributed by atoms with van der Waals surface area (Å²) in [6.07, 6.45) is 9.00. The maximum Gasteiger partial charge on any atom is 0.273 e. The van der Waals surface area contributed by atoms with E-state index in [9.17, 15) is 14.4 Å². The molecule has 11 heteroatoms. The minimum absolute atomic E-state index is 0.0166. The van der Waals surface area contributed by atoms with Crippen molar-refractivity contribution >= 4 is 35.2 Å². The van der Waals surface area contributed by atoms with Gasteiger partial charge < -0.3 is 25.8 Å². The van der Waals surface area contributed by atoms with Gasteiger partial charge in [-0.05, 0) is 80.6 Å². The Labute approximate surface area is 241 Å². The summed E-state index contributed by atoms with van der Waals surface area (Å²) < 4.78 is 0. The highest BCUT2D eigenvalue weighted by atomic mass is 16.2. The Balaban J connectivity index is 1.24. The smallest absolute Gasteiger partial charge is 0.273 e. The summed E-state index contributed by atoms with van der Waals surface area (Å²) in [7, 11) is 0. The number of amides is 3. The standard InChI is InChI=1S/C30H40N8O3/c1-2-25(39)37-17-12-23(13-18-37)22-8-10-24(11-9-22)32-29-27(28(31)41)34-35-30(33-29)38-16-6-7-21(20-38)19-26(40)36-14-4-3-5-15-36/h2,8-11,21,23H,1,3-7,12-20H2,(H2,31,41)(H,32,33,35)/t21-/m0/s1. The van der Waals surface area contributed by atoms with Gasteiger partial charge in [-0.3, -0.25) is 14.4 Å². The van der Waals surface area contributed by atoms with Crippen molar-refractivity contribution in [2.45, 2.75) is 57.3 Å². The third-order valence-corrected chi connectivity index (χ3v) is 8.51. The monoisotopic (exact) mass is 560 g/mol. The summed E-state index contributed by atoms with van der Waals surface area (Å²) in [5.41, 5.74) is 7.54. The van der Waals surface area contributed by atoms with Gasteiger partial charge in [-0.1, -0.05) is 18.7 Å². The quantitative estimate of drug-likeness (QED) is 0.470. The molecule has 4 heterocycles. The van der Waals surface area contributed by atoms with Crippen LogP contribution >= 0.6 is 0 Å². The molecule has 0 radical (unpaired) electrons. The van der Waals surface area contributed by atoms with E-state index in [1.165, 1.54) is 18.1 Å². The predicted octanol–water partition coefficient (Wildman–Crippen LogP) is 3.23. The van der Waals surface area contributed by atoms with Crippen molar-refractivity contribution < 1.29 is 14.4 Å². The molecule has 1 atom stereocenters. The average Bonchev–Trinajstić information content (AvgIpc) is 3.01. The SMILES string of the molecule is C=CC(=O)N1CCC(c2ccc(Nc3nc(N4CCC[C@@H](CC(=O)N5CCCCC5)C4)nnc3C(N)=O)cc2)CC1. The molecular weight excluding hydrogens is 520 g/mol. The molecule has 3 N–H and O–H groups in total. The van der Waals surface area contributed by atoms with Gasteiger partial charge >= 0.3 is 0 Å². The first-order valence-corrected chi connectivity index (χ1v) is 14.8. The maximum atomic E-state index is 12.8. The Bertz CT molecular complexity index is 1250. The number of nitrogens with zero attached hydrogens (tertiary/aromatic N) is 6. The number of carbonyl (C=O) groups is 3. The van der Waals surface area contributed by atoms with Crippen LogP contribution in [0.2, 0.25) is 0 Å². The third-order valence-electron chi connectivity index (χ3n) is 8.51. The van der Waals surface area contributed by atoms with Crippen molar-refractivity contribution in [3.05, 3.63) is 48.2 Å². The Kier molecular flexibility index (Phi) is 9.11. The van der Waals surface area contributed by atoms with Crippen LogP contribution in [0.3, 0.4) is 0 Å². The number of rotatable bonds is 8. The highest BCUT2D eigenvalue weighted by Gasteiger charge is 2.28. The van der Waals surface area contributed by atoms with Crippen LogP contribution < -0.4 is 16.0 Å². The van der Waals surface area contributed by atoms with Gasteiger partial charge in [0.05, 0.1) is 0 Å². The fraction of sp³-hybridized carbons (Fsp3) is 0.533. The van der Waals surface area contributed by atoms with Crippen LogP contribution in [-0.2, 0) is 9.59 Å². The Morgan fingerprint density at radius 1 is 0.927 bits per heavy atom. The van der Waals surface area contributed by atoms with E-state index in [2.05, 4.69) is 39.2 Å². The molecule has 2 aromatic rings. The van der Waals surface area contributed by atoms with Crippen molar-refractivity contribution in [2.24, 2.45) is 11.7 Å². The molecule has 218 valence electrons. The van der Waals surface area contributed by atoms with E-state index < -0.39 is 5.91 Å². The van der Waals surface area contributed by atoms with Gasteiger partial charge in [0.15, 0.2) is 11.5 Å². The Morgan fingerprint density at radius 3 is 2.34 bits per heavy atom. The van der Waals surface area contributed by atoms with E-state index in [0.29, 0.717) is 24.8 Å². The molecule has 3 amide bonds. The number of primary amides is 1. The number of aromatic nitrogens is 3. The molecule has 3 aliphatic heterocycles. The van der Waals surface area contributed by atoms with Crippen LogP contribution in [-0.4, -0.2) is 82.0 Å². The fourth-order valence-electron chi connectivity index (χ4n) is 6.17. The molecule has 3 saturated heterocycles. The summed E-state index contributed by atoms with van der Waals surface area (Å²) in [4.78, 5) is 47.4. The van der Waals surface area contributed by atoms with Crippen LogP contribution in [0.5, 0.6) is 0 Å². The van der Waals surface area contributed by atoms with Crippen LogP contribution in [0.4, 0.5) is 17.5 Å². The molecular formula is C30H40N8O3. The van der Waals surface area contributed by atoms with Gasteiger partial charge in [-0.25, -0.2) is 0 Å². The van der Waals surface area contributed by atoms with Gasteiger partial charge in [0, 0.05) is 51.4 Å². The first-order chi connectivity index (χ1) is 19.9. The van der Waals surface area contributed by atoms with Crippen molar-refractivity contribution in [3.8, 4) is 0 Å². The molecule has 3 fully saturated rings. The lowest BCUT2D eigenvalue weighted by molar-refractivity contribution is -0.133. The van der Waals surface area contributed by atoms with Crippen LogP contribution in [0.1, 0.15) is 73.3 Å². The maximum absolute atomic E-state index is 12.8. The molecule has 0 bridgehead atoms. The summed E-state index contributed by atoms with van der Waals surface area (Å²) >= 11 is 0. The largest absolute Gasteiger partial charge is 0.364 e. The summed E-state index contributed by atoms with van der Waals surface area (Å²) in [6, 6.07) is 8.02. The normalized spacial score (nSPS) is 20.0. The van der Waals surface area contributed by atoms with Gasteiger partial charge in [0.2, 0.25) is 17.8 Å². The third kappa shape index (κ3) is 7.01. The molecule has 0 unspecified atom stereocenters. The number of hydrogen-bond acceptors (Lipinski definition) is 8. The number of nitrogens with two attached hydrogens (primary N) is 1. The molecule has 3 aliphatic rings. The summed E-state index contributed by atoms with van der Waals surface area (Å²) in [5.74, 6) is 0.796. The molecule has 0 spiro atoms. The lowest BCUT2D eigenvalue weighted by Crippen LogP contribution is -2.41. The number of anilines is 3. The highest BCUT2D eigenvalue weighted by molar-refractivity contribution is 5.96. The minimum atomic E-state index is -0.708. The van der Waals surface area contributed by atoms with Crippen molar-refractivity contribution in [2.75, 3.05) is 49.5 Å². The van der Waals surface area contributed by atoms with E-state index in [4.69, 9.17) is 5.73 Å². The zero-order valence-corrected chi connectivity index (χ0v) is 23.6. The minimum Gasteiger partial charge on any atom is -0.364 e. The van der Waals surface area contributed by atoms with E-state index in [1.807, 2.05) is 26.8 Å². The van der Waals surface area contributed by atoms with Gasteiger partial charge in [-0.15, -0.1) is 10.2 Å². The molecule has 5 rings (SSSR count). The number of piperidine rings is 3. The molecule has 11 nitrogen and oxygen atoms in total. The Hall–Kier alpha value is -4.02. The predicted molar refractivity (Wildman–Crippen MR) is 157 cm³/mol. The zero-order chi connectivity index (χ0) is 28.8. The lowest BCUT2D eigenvalue weighted by atomic mass is 9.89. The molecule has 1 aromatic carbocycles. The van der Waals surface area contributed by atoms with Crippen molar-refractivity contribution in [1.29, 1.82) is 0 Å². The number of carbonyl (C=O) groups excluding carboxylic acids is 3. The van der Waals surface area contributed by atoms with Crippen molar-refractivity contribution in [3.63, 3.8) is 0 Å². The second-order valence-electron chi connectivity index (χ2n) is 11.3. The second kappa shape index (κ2) is 13.1. The van der Waals surface area contributed by atoms with E-state index in [-0.39, 0.29) is 29.2 Å². The van der Waals surface area contributed by atoms with Gasteiger partial charge in [0.25, 0.3) is 5.91 Å². The molecule has 0 aliphatic carbocycles. The van der Waals surface area contributed by atoms with Crippen molar-refractivity contribution in [1.82, 2.24) is 25.0 Å². The second-order valence-corrected chi connectivity index (χ2v) is 11.3. The van der Waals surface area contributed by atoms with Crippen LogP contribution in [0, 0.1) is 5.92 Å².